The maximum Gasteiger partial charge on any atom is 0.328 e. The van der Waals surface area contributed by atoms with Gasteiger partial charge in [-0.15, -0.1) is 0 Å². The van der Waals surface area contributed by atoms with Gasteiger partial charge in [-0.05, 0) is 43.4 Å². The van der Waals surface area contributed by atoms with Crippen molar-refractivity contribution in [1.82, 2.24) is 9.55 Å². The first-order chi connectivity index (χ1) is 13.1. The first-order valence-corrected chi connectivity index (χ1v) is 9.43. The van der Waals surface area contributed by atoms with Gasteiger partial charge in [0.05, 0.1) is 12.6 Å². The number of benzene rings is 1. The van der Waals surface area contributed by atoms with E-state index in [-0.39, 0.29) is 18.2 Å². The summed E-state index contributed by atoms with van der Waals surface area (Å²) >= 11 is 0. The zero-order valence-electron chi connectivity index (χ0n) is 15.5. The van der Waals surface area contributed by atoms with E-state index >= 15 is 0 Å². The number of anilines is 1. The number of ether oxygens (including phenoxy) is 1. The third kappa shape index (κ3) is 4.74. The summed E-state index contributed by atoms with van der Waals surface area (Å²) in [6.07, 6.45) is 5.95. The maximum atomic E-state index is 12.6. The molecule has 1 aliphatic rings. The number of nitrogens with zero attached hydrogens (tertiary/aromatic N) is 1. The Kier molecular flexibility index (Phi) is 6.24. The van der Waals surface area contributed by atoms with E-state index in [0.717, 1.165) is 36.7 Å². The molecule has 3 rings (SSSR count). The van der Waals surface area contributed by atoms with Crippen molar-refractivity contribution in [2.45, 2.75) is 51.7 Å². The van der Waals surface area contributed by atoms with Crippen LogP contribution in [0.4, 0.5) is 5.69 Å². The topological polar surface area (TPSA) is 93.2 Å². The van der Waals surface area contributed by atoms with Crippen molar-refractivity contribution in [2.75, 3.05) is 11.9 Å². The molecule has 1 fully saturated rings. The summed E-state index contributed by atoms with van der Waals surface area (Å²) in [7, 11) is 0. The zero-order valence-corrected chi connectivity index (χ0v) is 15.5. The highest BCUT2D eigenvalue weighted by Crippen LogP contribution is 2.14. The highest BCUT2D eigenvalue weighted by atomic mass is 16.5. The Morgan fingerprint density at radius 2 is 2.07 bits per heavy atom. The lowest BCUT2D eigenvalue weighted by Gasteiger charge is -2.12. The lowest BCUT2D eigenvalue weighted by molar-refractivity contribution is 0.0941. The molecule has 1 aliphatic heterocycles. The molecule has 144 valence electrons. The molecule has 1 amide bonds. The average Bonchev–Trinajstić information content (AvgIpc) is 3.18. The van der Waals surface area contributed by atoms with Gasteiger partial charge in [0.2, 0.25) is 0 Å². The number of aryl methyl sites for hydroxylation is 1. The Balaban J connectivity index is 1.74. The number of aromatic nitrogens is 2. The Bertz CT molecular complexity index is 893. The quantitative estimate of drug-likeness (QED) is 0.781. The van der Waals surface area contributed by atoms with Crippen LogP contribution in [0.5, 0.6) is 0 Å². The number of rotatable bonds is 7. The molecule has 7 heteroatoms. The molecule has 2 heterocycles. The average molecular weight is 371 g/mol. The van der Waals surface area contributed by atoms with Crippen LogP contribution in [0.15, 0.2) is 40.1 Å². The van der Waals surface area contributed by atoms with Crippen molar-refractivity contribution in [2.24, 2.45) is 0 Å². The van der Waals surface area contributed by atoms with E-state index in [9.17, 15) is 14.4 Å². The van der Waals surface area contributed by atoms with E-state index in [1.54, 1.807) is 0 Å². The second kappa shape index (κ2) is 8.81. The largest absolute Gasteiger partial charge is 0.376 e. The van der Waals surface area contributed by atoms with E-state index in [1.807, 2.05) is 24.3 Å². The highest BCUT2D eigenvalue weighted by molar-refractivity contribution is 6.03. The van der Waals surface area contributed by atoms with Crippen LogP contribution in [0.2, 0.25) is 0 Å². The Hall–Kier alpha value is -2.67. The molecule has 1 unspecified atom stereocenters. The molecule has 27 heavy (non-hydrogen) atoms. The molecule has 0 bridgehead atoms. The number of unbranched alkanes of at least 4 members (excludes halogenated alkanes) is 1. The van der Waals surface area contributed by atoms with Crippen molar-refractivity contribution in [3.63, 3.8) is 0 Å². The lowest BCUT2D eigenvalue weighted by atomic mass is 10.1. The van der Waals surface area contributed by atoms with Gasteiger partial charge >= 0.3 is 5.69 Å². The zero-order chi connectivity index (χ0) is 19.2. The standard InChI is InChI=1S/C20H25N3O4/c1-2-3-5-14-7-9-15(10-8-14)22-18(24)17-12-21-20(26)23(19(17)25)13-16-6-4-11-27-16/h7-10,12,16H,2-6,11,13H2,1H3,(H,21,26)(H,22,24). The fraction of sp³-hybridized carbons (Fsp3) is 0.450. The van der Waals surface area contributed by atoms with Gasteiger partial charge in [-0.2, -0.15) is 0 Å². The maximum absolute atomic E-state index is 12.6. The summed E-state index contributed by atoms with van der Waals surface area (Å²) in [6, 6.07) is 7.57. The van der Waals surface area contributed by atoms with Gasteiger partial charge in [-0.1, -0.05) is 25.5 Å². The molecule has 1 atom stereocenters. The number of hydrogen-bond acceptors (Lipinski definition) is 4. The minimum absolute atomic E-state index is 0.0948. The predicted molar refractivity (Wildman–Crippen MR) is 103 cm³/mol. The SMILES string of the molecule is CCCCc1ccc(NC(=O)c2c[nH]c(=O)n(CC3CCCO3)c2=O)cc1. The summed E-state index contributed by atoms with van der Waals surface area (Å²) in [5, 5.41) is 2.72. The number of hydrogen-bond donors (Lipinski definition) is 2. The third-order valence-electron chi connectivity index (χ3n) is 4.75. The number of nitrogens with one attached hydrogen (secondary N) is 2. The van der Waals surface area contributed by atoms with E-state index in [4.69, 9.17) is 4.74 Å². The number of carbonyl (C=O) groups excluding carboxylic acids is 1. The molecule has 0 spiro atoms. The summed E-state index contributed by atoms with van der Waals surface area (Å²) in [5.41, 5.74) is 0.579. The van der Waals surface area contributed by atoms with Crippen molar-refractivity contribution in [3.8, 4) is 0 Å². The van der Waals surface area contributed by atoms with Crippen LogP contribution < -0.4 is 16.6 Å². The molecule has 2 N–H and O–H groups in total. The summed E-state index contributed by atoms with van der Waals surface area (Å²) in [4.78, 5) is 39.6. The molecule has 2 aromatic rings. The van der Waals surface area contributed by atoms with Crippen LogP contribution in [0.25, 0.3) is 0 Å². The van der Waals surface area contributed by atoms with Gasteiger partial charge in [0.1, 0.15) is 5.56 Å². The normalized spacial score (nSPS) is 16.4. The van der Waals surface area contributed by atoms with Gasteiger partial charge in [0.15, 0.2) is 0 Å². The van der Waals surface area contributed by atoms with E-state index < -0.39 is 17.2 Å². The monoisotopic (exact) mass is 371 g/mol. The first-order valence-electron chi connectivity index (χ1n) is 9.43. The number of H-pyrrole nitrogens is 1. The molecule has 7 nitrogen and oxygen atoms in total. The minimum Gasteiger partial charge on any atom is -0.376 e. The third-order valence-corrected chi connectivity index (χ3v) is 4.75. The van der Waals surface area contributed by atoms with Gasteiger partial charge in [0.25, 0.3) is 11.5 Å². The number of aromatic amines is 1. The van der Waals surface area contributed by atoms with Gasteiger partial charge in [-0.3, -0.25) is 14.2 Å². The smallest absolute Gasteiger partial charge is 0.328 e. The molecule has 1 saturated heterocycles. The molecule has 0 saturated carbocycles. The van der Waals surface area contributed by atoms with E-state index in [2.05, 4.69) is 17.2 Å². The fourth-order valence-corrected chi connectivity index (χ4v) is 3.17. The number of carbonyl (C=O) groups is 1. The molecular formula is C20H25N3O4. The highest BCUT2D eigenvalue weighted by Gasteiger charge is 2.20. The Labute approximate surface area is 157 Å². The van der Waals surface area contributed by atoms with Crippen molar-refractivity contribution in [3.05, 3.63) is 62.4 Å². The van der Waals surface area contributed by atoms with Crippen LogP contribution in [-0.4, -0.2) is 28.2 Å². The lowest BCUT2D eigenvalue weighted by Crippen LogP contribution is -2.41. The Morgan fingerprint density at radius 3 is 2.74 bits per heavy atom. The van der Waals surface area contributed by atoms with Crippen LogP contribution in [0, 0.1) is 0 Å². The second-order valence-corrected chi connectivity index (χ2v) is 6.81. The van der Waals surface area contributed by atoms with Crippen molar-refractivity contribution < 1.29 is 9.53 Å². The van der Waals surface area contributed by atoms with E-state index in [1.165, 1.54) is 11.8 Å². The Morgan fingerprint density at radius 1 is 1.30 bits per heavy atom. The van der Waals surface area contributed by atoms with Crippen LogP contribution in [0.3, 0.4) is 0 Å². The minimum atomic E-state index is -0.605. The van der Waals surface area contributed by atoms with Crippen LogP contribution >= 0.6 is 0 Å². The summed E-state index contributed by atoms with van der Waals surface area (Å²) < 4.78 is 6.53. The van der Waals surface area contributed by atoms with Crippen LogP contribution in [-0.2, 0) is 17.7 Å². The summed E-state index contributed by atoms with van der Waals surface area (Å²) in [5.74, 6) is -0.543. The van der Waals surface area contributed by atoms with Gasteiger partial charge < -0.3 is 15.0 Å². The predicted octanol–water partition coefficient (Wildman–Crippen LogP) is 2.31. The molecule has 0 aliphatic carbocycles. The fourth-order valence-electron chi connectivity index (χ4n) is 3.17. The van der Waals surface area contributed by atoms with Gasteiger partial charge in [0, 0.05) is 18.5 Å². The molecular weight excluding hydrogens is 346 g/mol. The first kappa shape index (κ1) is 19.1. The van der Waals surface area contributed by atoms with Gasteiger partial charge in [-0.25, -0.2) is 4.79 Å². The van der Waals surface area contributed by atoms with E-state index in [0.29, 0.717) is 12.3 Å². The van der Waals surface area contributed by atoms with Crippen molar-refractivity contribution >= 4 is 11.6 Å². The molecule has 1 aromatic heterocycles. The summed E-state index contributed by atoms with van der Waals surface area (Å²) in [6.45, 7) is 2.93. The molecule has 0 radical (unpaired) electrons. The van der Waals surface area contributed by atoms with Crippen LogP contribution in [0.1, 0.15) is 48.5 Å². The number of amides is 1. The van der Waals surface area contributed by atoms with Crippen molar-refractivity contribution in [1.29, 1.82) is 0 Å². The second-order valence-electron chi connectivity index (χ2n) is 6.81. The molecule has 1 aromatic carbocycles.